The van der Waals surface area contributed by atoms with Crippen LogP contribution in [0.2, 0.25) is 0 Å². The van der Waals surface area contributed by atoms with Crippen molar-refractivity contribution in [1.29, 1.82) is 0 Å². The van der Waals surface area contributed by atoms with Gasteiger partial charge in [-0.1, -0.05) is 51.1 Å². The van der Waals surface area contributed by atoms with E-state index in [1.165, 1.54) is 0 Å². The molecule has 0 aliphatic heterocycles. The zero-order chi connectivity index (χ0) is 14.0. The third-order valence-corrected chi connectivity index (χ3v) is 3.32. The molecule has 0 heterocycles. The van der Waals surface area contributed by atoms with Gasteiger partial charge in [0.2, 0.25) is 0 Å². The molecule has 0 unspecified atom stereocenters. The topological polar surface area (TPSA) is 74.6 Å². The van der Waals surface area contributed by atoms with Crippen LogP contribution in [0, 0.1) is 10.8 Å². The number of hydrogen-bond acceptors (Lipinski definition) is 2. The predicted octanol–water partition coefficient (Wildman–Crippen LogP) is 1.78. The Morgan fingerprint density at radius 2 is 1.42 bits per heavy atom. The summed E-state index contributed by atoms with van der Waals surface area (Å²) in [6.07, 6.45) is -0.0258. The van der Waals surface area contributed by atoms with Crippen LogP contribution in [0.4, 0.5) is 0 Å². The van der Waals surface area contributed by atoms with Crippen molar-refractivity contribution in [3.63, 3.8) is 0 Å². The maximum atomic E-state index is 11.5. The summed E-state index contributed by atoms with van der Waals surface area (Å²) in [6.45, 7) is 4.91. The molecule has 0 aliphatic carbocycles. The fraction of sp³-hybridized carbons (Fsp3) is 0.429. The van der Waals surface area contributed by atoms with Crippen molar-refractivity contribution >= 4 is 41.5 Å². The molecule has 2 N–H and O–H groups in total. The van der Waals surface area contributed by atoms with Crippen LogP contribution in [-0.4, -0.2) is 51.7 Å². The number of carboxylic acids is 2. The summed E-state index contributed by atoms with van der Waals surface area (Å²) in [5, 5.41) is 18.8. The van der Waals surface area contributed by atoms with Crippen molar-refractivity contribution in [2.45, 2.75) is 27.2 Å². The van der Waals surface area contributed by atoms with Crippen molar-refractivity contribution in [3.8, 4) is 0 Å². The Balaban J connectivity index is 0.00000324. The maximum absolute atomic E-state index is 11.5. The summed E-state index contributed by atoms with van der Waals surface area (Å²) >= 11 is 0. The summed E-state index contributed by atoms with van der Waals surface area (Å²) in [5.41, 5.74) is -2.01. The van der Waals surface area contributed by atoms with E-state index < -0.39 is 22.8 Å². The molecule has 19 heavy (non-hydrogen) atoms. The molecule has 5 heteroatoms. The quantitative estimate of drug-likeness (QED) is 0.648. The van der Waals surface area contributed by atoms with Gasteiger partial charge < -0.3 is 10.2 Å². The zero-order valence-corrected chi connectivity index (χ0v) is 10.8. The van der Waals surface area contributed by atoms with E-state index in [1.54, 1.807) is 45.0 Å². The minimum absolute atomic E-state index is 0. The second kappa shape index (κ2) is 6.55. The van der Waals surface area contributed by atoms with Gasteiger partial charge in [0.05, 0.1) is 0 Å². The van der Waals surface area contributed by atoms with Gasteiger partial charge in [-0.3, -0.25) is 9.59 Å². The Kier molecular flexibility index (Phi) is 6.26. The molecule has 0 saturated heterocycles. The first kappa shape index (κ1) is 18.2. The fourth-order valence-corrected chi connectivity index (χ4v) is 2.05. The van der Waals surface area contributed by atoms with Crippen LogP contribution in [0.3, 0.4) is 0 Å². The molecule has 1 aromatic rings. The molecule has 0 fully saturated rings. The second-order valence-electron chi connectivity index (χ2n) is 5.43. The standard InChI is InChI=1S/C14H18O4.Na.H/c1-13(2,3)14(11(15)16,12(17)18)9-10-7-5-4-6-8-10;;/h4-8H,9H2,1-3H3,(H,15,16)(H,17,18);;. The van der Waals surface area contributed by atoms with Crippen LogP contribution >= 0.6 is 0 Å². The Labute approximate surface area is 135 Å². The first-order valence-electron chi connectivity index (χ1n) is 5.72. The third kappa shape index (κ3) is 3.59. The predicted molar refractivity (Wildman–Crippen MR) is 74.5 cm³/mol. The summed E-state index contributed by atoms with van der Waals surface area (Å²) in [7, 11) is 0. The Hall–Kier alpha value is -0.840. The van der Waals surface area contributed by atoms with Gasteiger partial charge in [0.1, 0.15) is 0 Å². The van der Waals surface area contributed by atoms with E-state index in [4.69, 9.17) is 0 Å². The number of carboxylic acid groups (broad SMARTS) is 2. The van der Waals surface area contributed by atoms with Gasteiger partial charge in [-0.25, -0.2) is 0 Å². The Morgan fingerprint density at radius 3 is 1.74 bits per heavy atom. The van der Waals surface area contributed by atoms with Crippen LogP contribution < -0.4 is 0 Å². The number of aliphatic carboxylic acids is 2. The van der Waals surface area contributed by atoms with E-state index in [-0.39, 0.29) is 36.0 Å². The first-order valence-corrected chi connectivity index (χ1v) is 5.72. The van der Waals surface area contributed by atoms with Crippen molar-refractivity contribution in [2.75, 3.05) is 0 Å². The monoisotopic (exact) mass is 274 g/mol. The molecular weight excluding hydrogens is 255 g/mol. The molecule has 0 radical (unpaired) electrons. The minimum atomic E-state index is -1.83. The van der Waals surface area contributed by atoms with Gasteiger partial charge in [-0.15, -0.1) is 0 Å². The van der Waals surface area contributed by atoms with Crippen molar-refractivity contribution in [3.05, 3.63) is 35.9 Å². The van der Waals surface area contributed by atoms with Crippen molar-refractivity contribution in [1.82, 2.24) is 0 Å². The van der Waals surface area contributed by atoms with Gasteiger partial charge in [0.25, 0.3) is 0 Å². The van der Waals surface area contributed by atoms with Crippen molar-refractivity contribution in [2.24, 2.45) is 10.8 Å². The van der Waals surface area contributed by atoms with Gasteiger partial charge in [0.15, 0.2) is 5.41 Å². The molecule has 0 aromatic heterocycles. The molecule has 100 valence electrons. The summed E-state index contributed by atoms with van der Waals surface area (Å²) in [6, 6.07) is 8.83. The average Bonchev–Trinajstić information content (AvgIpc) is 2.24. The van der Waals surface area contributed by atoms with Crippen molar-refractivity contribution < 1.29 is 19.8 Å². The van der Waals surface area contributed by atoms with Gasteiger partial charge >= 0.3 is 41.5 Å². The summed E-state index contributed by atoms with van der Waals surface area (Å²) in [5.74, 6) is -2.60. The number of carbonyl (C=O) groups is 2. The second-order valence-corrected chi connectivity index (χ2v) is 5.43. The number of rotatable bonds is 4. The molecule has 0 saturated carbocycles. The van der Waals surface area contributed by atoms with E-state index in [1.807, 2.05) is 6.07 Å². The average molecular weight is 274 g/mol. The molecular formula is C14H19NaO4. The van der Waals surface area contributed by atoms with E-state index in [9.17, 15) is 19.8 Å². The van der Waals surface area contributed by atoms with Crippen LogP contribution in [0.25, 0.3) is 0 Å². The number of benzene rings is 1. The van der Waals surface area contributed by atoms with Gasteiger partial charge in [0, 0.05) is 0 Å². The molecule has 0 amide bonds. The van der Waals surface area contributed by atoms with Gasteiger partial charge in [-0.05, 0) is 17.4 Å². The normalized spacial score (nSPS) is 11.5. The number of hydrogen-bond donors (Lipinski definition) is 2. The SMILES string of the molecule is CC(C)(C)C(Cc1ccccc1)(C(=O)O)C(=O)O.[NaH]. The summed E-state index contributed by atoms with van der Waals surface area (Å²) in [4.78, 5) is 23.1. The molecule has 1 rings (SSSR count). The Morgan fingerprint density at radius 1 is 1.00 bits per heavy atom. The van der Waals surface area contributed by atoms with E-state index in [0.29, 0.717) is 5.56 Å². The molecule has 0 aliphatic rings. The van der Waals surface area contributed by atoms with Gasteiger partial charge in [-0.2, -0.15) is 0 Å². The molecule has 4 nitrogen and oxygen atoms in total. The zero-order valence-electron chi connectivity index (χ0n) is 10.8. The summed E-state index contributed by atoms with van der Waals surface area (Å²) < 4.78 is 0. The van der Waals surface area contributed by atoms with Crippen LogP contribution in [0.15, 0.2) is 30.3 Å². The third-order valence-electron chi connectivity index (χ3n) is 3.32. The molecule has 0 spiro atoms. The first-order chi connectivity index (χ1) is 8.22. The van der Waals surface area contributed by atoms with Crippen LogP contribution in [-0.2, 0) is 16.0 Å². The van der Waals surface area contributed by atoms with Crippen LogP contribution in [0.1, 0.15) is 26.3 Å². The molecule has 0 atom stereocenters. The Bertz CT molecular complexity index is 434. The molecule has 1 aromatic carbocycles. The van der Waals surface area contributed by atoms with E-state index in [2.05, 4.69) is 0 Å². The van der Waals surface area contributed by atoms with E-state index >= 15 is 0 Å². The van der Waals surface area contributed by atoms with Crippen LogP contribution in [0.5, 0.6) is 0 Å². The fourth-order valence-electron chi connectivity index (χ4n) is 2.05. The van der Waals surface area contributed by atoms with E-state index in [0.717, 1.165) is 0 Å². The molecule has 0 bridgehead atoms.